The summed E-state index contributed by atoms with van der Waals surface area (Å²) in [5.41, 5.74) is 6.02. The van der Waals surface area contributed by atoms with Crippen LogP contribution in [0.3, 0.4) is 0 Å². The van der Waals surface area contributed by atoms with Gasteiger partial charge in [0.25, 0.3) is 5.56 Å². The molecule has 0 amide bonds. The standard InChI is InChI=1S/C33H42N2O4/c1-22(2)17-29(35-21-25(13-14-31(35)37)15-16-34(5)6)30(36)19-28(20-32(38)39)26-11-8-12-27(18-26)33-23(3)9-7-10-24(33)4/h7-14,18,21-22,28-29H,15-17,19-20H2,1-6H3,(H,38,39)/t28-,29?/m0/s1. The highest BCUT2D eigenvalue weighted by molar-refractivity contribution is 5.84. The number of pyridine rings is 1. The lowest BCUT2D eigenvalue weighted by molar-refractivity contribution is -0.137. The van der Waals surface area contributed by atoms with Gasteiger partial charge in [0.05, 0.1) is 12.5 Å². The molecule has 0 saturated heterocycles. The summed E-state index contributed by atoms with van der Waals surface area (Å²) in [6, 6.07) is 16.7. The molecule has 1 aromatic heterocycles. The molecule has 0 spiro atoms. The largest absolute Gasteiger partial charge is 0.481 e. The number of rotatable bonds is 13. The van der Waals surface area contributed by atoms with Crippen molar-refractivity contribution < 1.29 is 14.7 Å². The number of aliphatic carboxylic acids is 1. The molecule has 0 radical (unpaired) electrons. The molecule has 3 aromatic rings. The van der Waals surface area contributed by atoms with E-state index in [1.807, 2.05) is 70.5 Å². The SMILES string of the molecule is Cc1cccc(C)c1-c1cccc([C@H](CC(=O)O)CC(=O)C(CC(C)C)n2cc(CCN(C)C)ccc2=O)c1. The number of likely N-dealkylation sites (N-methyl/N-ethyl adjacent to an activating group) is 1. The Bertz CT molecular complexity index is 1340. The molecule has 1 N–H and O–H groups in total. The van der Waals surface area contributed by atoms with Crippen molar-refractivity contribution in [2.24, 2.45) is 5.92 Å². The maximum atomic E-state index is 13.9. The molecule has 39 heavy (non-hydrogen) atoms. The molecular weight excluding hydrogens is 488 g/mol. The maximum Gasteiger partial charge on any atom is 0.303 e. The quantitative estimate of drug-likeness (QED) is 0.291. The Morgan fingerprint density at radius 3 is 2.23 bits per heavy atom. The van der Waals surface area contributed by atoms with Crippen LogP contribution in [0.1, 0.15) is 67.3 Å². The minimum Gasteiger partial charge on any atom is -0.481 e. The number of ketones is 1. The van der Waals surface area contributed by atoms with E-state index in [1.54, 1.807) is 4.57 Å². The van der Waals surface area contributed by atoms with Gasteiger partial charge in [0.15, 0.2) is 5.78 Å². The summed E-state index contributed by atoms with van der Waals surface area (Å²) >= 11 is 0. The van der Waals surface area contributed by atoms with E-state index >= 15 is 0 Å². The highest BCUT2D eigenvalue weighted by Crippen LogP contribution is 2.33. The second-order valence-corrected chi connectivity index (χ2v) is 11.3. The summed E-state index contributed by atoms with van der Waals surface area (Å²) in [6.07, 6.45) is 2.98. The Balaban J connectivity index is 1.97. The lowest BCUT2D eigenvalue weighted by Crippen LogP contribution is -2.32. The number of nitrogens with zero attached hydrogens (tertiary/aromatic N) is 2. The van der Waals surface area contributed by atoms with E-state index in [2.05, 4.69) is 30.9 Å². The molecule has 1 unspecified atom stereocenters. The first-order chi connectivity index (χ1) is 18.5. The maximum absolute atomic E-state index is 13.9. The number of benzene rings is 2. The number of carboxylic acids is 1. The zero-order chi connectivity index (χ0) is 28.7. The van der Waals surface area contributed by atoms with Gasteiger partial charge in [-0.3, -0.25) is 14.4 Å². The van der Waals surface area contributed by atoms with Crippen molar-refractivity contribution in [3.05, 3.63) is 93.4 Å². The fourth-order valence-electron chi connectivity index (χ4n) is 5.26. The summed E-state index contributed by atoms with van der Waals surface area (Å²) in [6.45, 7) is 9.02. The molecule has 208 valence electrons. The number of aromatic nitrogens is 1. The first-order valence-corrected chi connectivity index (χ1v) is 13.7. The van der Waals surface area contributed by atoms with Crippen LogP contribution in [0, 0.1) is 19.8 Å². The van der Waals surface area contributed by atoms with Crippen molar-refractivity contribution in [1.82, 2.24) is 9.47 Å². The third kappa shape index (κ3) is 8.24. The molecule has 3 rings (SSSR count). The van der Waals surface area contributed by atoms with Gasteiger partial charge in [-0.1, -0.05) is 62.4 Å². The van der Waals surface area contributed by atoms with Gasteiger partial charge in [-0.25, -0.2) is 0 Å². The second-order valence-electron chi connectivity index (χ2n) is 11.3. The van der Waals surface area contributed by atoms with Crippen molar-refractivity contribution in [3.8, 4) is 11.1 Å². The number of aryl methyl sites for hydroxylation is 2. The first kappa shape index (κ1) is 30.0. The van der Waals surface area contributed by atoms with Crippen molar-refractivity contribution in [3.63, 3.8) is 0 Å². The van der Waals surface area contributed by atoms with Gasteiger partial charge < -0.3 is 14.6 Å². The van der Waals surface area contributed by atoms with Crippen LogP contribution < -0.4 is 5.56 Å². The lowest BCUT2D eigenvalue weighted by atomic mass is 9.85. The number of hydrogen-bond acceptors (Lipinski definition) is 4. The summed E-state index contributed by atoms with van der Waals surface area (Å²) in [5, 5.41) is 9.75. The van der Waals surface area contributed by atoms with Crippen LogP contribution in [0.4, 0.5) is 0 Å². The Labute approximate surface area is 232 Å². The highest BCUT2D eigenvalue weighted by atomic mass is 16.4. The fraction of sp³-hybridized carbons (Fsp3) is 0.424. The predicted molar refractivity (Wildman–Crippen MR) is 157 cm³/mol. The van der Waals surface area contributed by atoms with Crippen LogP contribution in [-0.2, 0) is 16.0 Å². The summed E-state index contributed by atoms with van der Waals surface area (Å²) in [5.74, 6) is -1.38. The molecule has 0 aliphatic rings. The van der Waals surface area contributed by atoms with Gasteiger partial charge in [0, 0.05) is 31.1 Å². The average molecular weight is 531 g/mol. The van der Waals surface area contributed by atoms with Gasteiger partial charge in [-0.05, 0) is 80.1 Å². The van der Waals surface area contributed by atoms with Crippen molar-refractivity contribution in [2.75, 3.05) is 20.6 Å². The van der Waals surface area contributed by atoms with Gasteiger partial charge in [0.1, 0.15) is 0 Å². The van der Waals surface area contributed by atoms with Crippen molar-refractivity contribution >= 4 is 11.8 Å². The Kier molecular flexibility index (Phi) is 10.4. The number of Topliss-reactive ketones (excluding diaryl/α,β-unsaturated/α-hetero) is 1. The van der Waals surface area contributed by atoms with Crippen LogP contribution >= 0.6 is 0 Å². The summed E-state index contributed by atoms with van der Waals surface area (Å²) in [7, 11) is 4.00. The Morgan fingerprint density at radius 1 is 0.949 bits per heavy atom. The molecule has 2 aromatic carbocycles. The summed E-state index contributed by atoms with van der Waals surface area (Å²) < 4.78 is 1.57. The number of carboxylic acid groups (broad SMARTS) is 1. The molecule has 1 heterocycles. The van der Waals surface area contributed by atoms with Gasteiger partial charge in [-0.15, -0.1) is 0 Å². The fourth-order valence-corrected chi connectivity index (χ4v) is 5.26. The van der Waals surface area contributed by atoms with Gasteiger partial charge in [-0.2, -0.15) is 0 Å². The molecule has 2 atom stereocenters. The minimum absolute atomic E-state index is 0.0499. The van der Waals surface area contributed by atoms with E-state index in [9.17, 15) is 19.5 Å². The van der Waals surface area contributed by atoms with E-state index in [1.165, 1.54) is 6.07 Å². The topological polar surface area (TPSA) is 79.6 Å². The van der Waals surface area contributed by atoms with Crippen LogP contribution in [0.15, 0.2) is 65.6 Å². The third-order valence-corrected chi connectivity index (χ3v) is 7.25. The molecule has 0 bridgehead atoms. The molecule has 0 aliphatic carbocycles. The van der Waals surface area contributed by atoms with E-state index in [0.29, 0.717) is 6.42 Å². The zero-order valence-electron chi connectivity index (χ0n) is 24.1. The molecule has 0 saturated carbocycles. The molecule has 0 aliphatic heterocycles. The predicted octanol–water partition coefficient (Wildman–Crippen LogP) is 6.04. The lowest BCUT2D eigenvalue weighted by Gasteiger charge is -2.24. The van der Waals surface area contributed by atoms with Gasteiger partial charge in [0.2, 0.25) is 0 Å². The normalized spacial score (nSPS) is 13.0. The van der Waals surface area contributed by atoms with Crippen LogP contribution in [0.5, 0.6) is 0 Å². The smallest absolute Gasteiger partial charge is 0.303 e. The van der Waals surface area contributed by atoms with Gasteiger partial charge >= 0.3 is 5.97 Å². The number of hydrogen-bond donors (Lipinski definition) is 1. The summed E-state index contributed by atoms with van der Waals surface area (Å²) in [4.78, 5) is 40.8. The molecule has 6 nitrogen and oxygen atoms in total. The Morgan fingerprint density at radius 2 is 1.62 bits per heavy atom. The minimum atomic E-state index is -0.950. The Hall–Kier alpha value is -3.51. The number of carbonyl (C=O) groups is 2. The van der Waals surface area contributed by atoms with E-state index in [0.717, 1.165) is 46.3 Å². The van der Waals surface area contributed by atoms with E-state index < -0.39 is 17.9 Å². The van der Waals surface area contributed by atoms with Crippen LogP contribution in [0.25, 0.3) is 11.1 Å². The van der Waals surface area contributed by atoms with E-state index in [4.69, 9.17) is 0 Å². The second kappa shape index (κ2) is 13.5. The van der Waals surface area contributed by atoms with Crippen molar-refractivity contribution in [1.29, 1.82) is 0 Å². The highest BCUT2D eigenvalue weighted by Gasteiger charge is 2.28. The average Bonchev–Trinajstić information content (AvgIpc) is 2.86. The van der Waals surface area contributed by atoms with Crippen molar-refractivity contribution in [2.45, 2.75) is 65.3 Å². The number of carbonyl (C=O) groups excluding carboxylic acids is 1. The monoisotopic (exact) mass is 530 g/mol. The molecule has 0 fully saturated rings. The zero-order valence-corrected chi connectivity index (χ0v) is 24.1. The van der Waals surface area contributed by atoms with Crippen LogP contribution in [-0.4, -0.2) is 47.0 Å². The van der Waals surface area contributed by atoms with Crippen LogP contribution in [0.2, 0.25) is 0 Å². The van der Waals surface area contributed by atoms with E-state index in [-0.39, 0.29) is 30.1 Å². The molecular formula is C33H42N2O4. The molecule has 6 heteroatoms. The third-order valence-electron chi connectivity index (χ3n) is 7.25. The first-order valence-electron chi connectivity index (χ1n) is 13.7.